The minimum atomic E-state index is -0.104. The van der Waals surface area contributed by atoms with Crippen LogP contribution in [-0.4, -0.2) is 5.29 Å². The predicted molar refractivity (Wildman–Crippen MR) is 109 cm³/mol. The summed E-state index contributed by atoms with van der Waals surface area (Å²) in [5.74, 6) is 0. The van der Waals surface area contributed by atoms with Crippen molar-refractivity contribution in [2.45, 2.75) is 19.6 Å². The van der Waals surface area contributed by atoms with E-state index in [1.807, 2.05) is 18.2 Å². The van der Waals surface area contributed by atoms with Crippen LogP contribution in [0.25, 0.3) is 11.1 Å². The van der Waals surface area contributed by atoms with Gasteiger partial charge in [-0.15, -0.1) is 0 Å². The molecule has 1 aliphatic rings. The summed E-state index contributed by atoms with van der Waals surface area (Å²) < 4.78 is 0. The van der Waals surface area contributed by atoms with E-state index in [1.54, 1.807) is 0 Å². The Morgan fingerprint density at radius 1 is 0.962 bits per heavy atom. The smallest absolute Gasteiger partial charge is 0.197 e. The maximum absolute atomic E-state index is 6.24. The molecule has 0 spiro atoms. The third kappa shape index (κ3) is 3.50. The Morgan fingerprint density at radius 2 is 1.73 bits per heavy atom. The minimum absolute atomic E-state index is 0.104. The second-order valence-electron chi connectivity index (χ2n) is 6.45. The molecule has 0 aromatic heterocycles. The second kappa shape index (κ2) is 7.32. The summed E-state index contributed by atoms with van der Waals surface area (Å²) in [6.07, 6.45) is -0.104. The van der Waals surface area contributed by atoms with E-state index in [-0.39, 0.29) is 6.17 Å². The molecule has 2 N–H and O–H groups in total. The Bertz CT molecular complexity index is 933. The molecule has 0 amide bonds. The highest BCUT2D eigenvalue weighted by Crippen LogP contribution is 2.37. The van der Waals surface area contributed by atoms with Crippen LogP contribution < -0.4 is 10.6 Å². The molecule has 130 valence electrons. The monoisotopic (exact) mass is 361 g/mol. The highest BCUT2D eigenvalue weighted by molar-refractivity contribution is 6.65. The third-order valence-electron chi connectivity index (χ3n) is 4.57. The normalized spacial score (nSPS) is 15.8. The molecule has 0 bridgehead atoms. The van der Waals surface area contributed by atoms with Gasteiger partial charge in [0.2, 0.25) is 0 Å². The SMILES string of the molecule is Cc1ccc(CNC2NC(Cl)=Nc3cccc(-c4ccccc4)c32)cc1. The van der Waals surface area contributed by atoms with Crippen LogP contribution in [-0.2, 0) is 6.54 Å². The van der Waals surface area contributed by atoms with E-state index in [0.717, 1.165) is 23.4 Å². The van der Waals surface area contributed by atoms with Gasteiger partial charge in [-0.3, -0.25) is 5.32 Å². The van der Waals surface area contributed by atoms with Crippen LogP contribution in [0, 0.1) is 6.92 Å². The first-order valence-electron chi connectivity index (χ1n) is 8.69. The molecule has 0 radical (unpaired) electrons. The number of benzene rings is 3. The van der Waals surface area contributed by atoms with Crippen LogP contribution in [0.5, 0.6) is 0 Å². The van der Waals surface area contributed by atoms with E-state index in [9.17, 15) is 0 Å². The van der Waals surface area contributed by atoms with Gasteiger partial charge in [-0.25, -0.2) is 4.99 Å². The molecule has 3 nitrogen and oxygen atoms in total. The Morgan fingerprint density at radius 3 is 2.50 bits per heavy atom. The van der Waals surface area contributed by atoms with Crippen molar-refractivity contribution in [1.29, 1.82) is 0 Å². The van der Waals surface area contributed by atoms with Gasteiger partial charge in [-0.05, 0) is 41.3 Å². The van der Waals surface area contributed by atoms with E-state index >= 15 is 0 Å². The van der Waals surface area contributed by atoms with Gasteiger partial charge in [-0.1, -0.05) is 72.3 Å². The van der Waals surface area contributed by atoms with Crippen molar-refractivity contribution < 1.29 is 0 Å². The zero-order valence-corrected chi connectivity index (χ0v) is 15.3. The average Bonchev–Trinajstić information content (AvgIpc) is 2.67. The summed E-state index contributed by atoms with van der Waals surface area (Å²) in [5.41, 5.74) is 6.84. The number of rotatable bonds is 4. The summed E-state index contributed by atoms with van der Waals surface area (Å²) in [4.78, 5) is 4.48. The van der Waals surface area contributed by atoms with Crippen molar-refractivity contribution in [2.24, 2.45) is 4.99 Å². The molecule has 0 saturated heterocycles. The van der Waals surface area contributed by atoms with Crippen molar-refractivity contribution >= 4 is 22.6 Å². The molecule has 26 heavy (non-hydrogen) atoms. The van der Waals surface area contributed by atoms with Crippen molar-refractivity contribution in [3.63, 3.8) is 0 Å². The molecule has 4 heteroatoms. The van der Waals surface area contributed by atoms with Crippen LogP contribution in [0.1, 0.15) is 22.9 Å². The lowest BCUT2D eigenvalue weighted by Crippen LogP contribution is -2.38. The Hall–Kier alpha value is -2.62. The molecule has 1 aliphatic heterocycles. The van der Waals surface area contributed by atoms with Gasteiger partial charge in [0.15, 0.2) is 5.29 Å². The molecule has 1 unspecified atom stereocenters. The minimum Gasteiger partial charge on any atom is -0.341 e. The number of nitrogens with one attached hydrogen (secondary N) is 2. The fourth-order valence-electron chi connectivity index (χ4n) is 3.23. The summed E-state index contributed by atoms with van der Waals surface area (Å²) in [5, 5.41) is 7.25. The summed E-state index contributed by atoms with van der Waals surface area (Å²) in [7, 11) is 0. The lowest BCUT2D eigenvalue weighted by atomic mass is 9.95. The van der Waals surface area contributed by atoms with Crippen molar-refractivity contribution in [2.75, 3.05) is 0 Å². The van der Waals surface area contributed by atoms with E-state index in [0.29, 0.717) is 5.29 Å². The fourth-order valence-corrected chi connectivity index (χ4v) is 3.43. The first kappa shape index (κ1) is 16.8. The van der Waals surface area contributed by atoms with E-state index in [2.05, 4.69) is 77.1 Å². The van der Waals surface area contributed by atoms with Gasteiger partial charge in [0, 0.05) is 12.1 Å². The van der Waals surface area contributed by atoms with Gasteiger partial charge < -0.3 is 5.32 Å². The van der Waals surface area contributed by atoms with Crippen molar-refractivity contribution in [3.8, 4) is 11.1 Å². The topological polar surface area (TPSA) is 36.4 Å². The molecule has 3 aromatic carbocycles. The number of hydrogen-bond acceptors (Lipinski definition) is 3. The molecule has 0 fully saturated rings. The number of nitrogens with zero attached hydrogens (tertiary/aromatic N) is 1. The number of fused-ring (bicyclic) bond motifs is 1. The predicted octanol–water partition coefficient (Wildman–Crippen LogP) is 5.28. The lowest BCUT2D eigenvalue weighted by molar-refractivity contribution is 0.504. The fraction of sp³-hybridized carbons (Fsp3) is 0.136. The second-order valence-corrected chi connectivity index (χ2v) is 6.81. The maximum atomic E-state index is 6.24. The molecule has 0 saturated carbocycles. The molecular weight excluding hydrogens is 342 g/mol. The third-order valence-corrected chi connectivity index (χ3v) is 4.76. The summed E-state index contributed by atoms with van der Waals surface area (Å²) in [6, 6.07) is 25.1. The van der Waals surface area contributed by atoms with Crippen molar-refractivity contribution in [1.82, 2.24) is 10.6 Å². The van der Waals surface area contributed by atoms with E-state index < -0.39 is 0 Å². The highest BCUT2D eigenvalue weighted by atomic mass is 35.5. The van der Waals surface area contributed by atoms with Crippen LogP contribution in [0.3, 0.4) is 0 Å². The van der Waals surface area contributed by atoms with Crippen LogP contribution in [0.2, 0.25) is 0 Å². The van der Waals surface area contributed by atoms with Gasteiger partial charge in [0.05, 0.1) is 5.69 Å². The van der Waals surface area contributed by atoms with Gasteiger partial charge in [-0.2, -0.15) is 0 Å². The number of aryl methyl sites for hydroxylation is 1. The lowest BCUT2D eigenvalue weighted by Gasteiger charge is -2.28. The quantitative estimate of drug-likeness (QED) is 0.620. The van der Waals surface area contributed by atoms with E-state index in [1.165, 1.54) is 16.7 Å². The highest BCUT2D eigenvalue weighted by Gasteiger charge is 2.24. The Labute approximate surface area is 158 Å². The standard InChI is InChI=1S/C22H20ClN3/c1-15-10-12-16(13-11-15)14-24-21-20-18(17-6-3-2-4-7-17)8-5-9-19(20)25-22(23)26-21/h2-13,21,24H,14H2,1H3,(H,25,26). The van der Waals surface area contributed by atoms with Crippen LogP contribution >= 0.6 is 11.6 Å². The largest absolute Gasteiger partial charge is 0.341 e. The van der Waals surface area contributed by atoms with Crippen molar-refractivity contribution in [3.05, 3.63) is 89.5 Å². The Kier molecular flexibility index (Phi) is 4.74. The first-order chi connectivity index (χ1) is 12.7. The van der Waals surface area contributed by atoms with Gasteiger partial charge >= 0.3 is 0 Å². The zero-order chi connectivity index (χ0) is 17.9. The number of halogens is 1. The van der Waals surface area contributed by atoms with Gasteiger partial charge in [0.1, 0.15) is 6.17 Å². The van der Waals surface area contributed by atoms with Gasteiger partial charge in [0.25, 0.3) is 0 Å². The number of aliphatic imine (C=N–C) groups is 1. The molecule has 1 heterocycles. The Balaban J connectivity index is 1.68. The maximum Gasteiger partial charge on any atom is 0.197 e. The number of hydrogen-bond donors (Lipinski definition) is 2. The van der Waals surface area contributed by atoms with Crippen LogP contribution in [0.15, 0.2) is 77.8 Å². The number of amidine groups is 1. The first-order valence-corrected chi connectivity index (χ1v) is 9.06. The molecule has 1 atom stereocenters. The van der Waals surface area contributed by atoms with Crippen LogP contribution in [0.4, 0.5) is 5.69 Å². The molecule has 4 rings (SSSR count). The summed E-state index contributed by atoms with van der Waals surface area (Å²) >= 11 is 6.24. The summed E-state index contributed by atoms with van der Waals surface area (Å²) in [6.45, 7) is 2.84. The average molecular weight is 362 g/mol. The molecule has 0 aliphatic carbocycles. The molecular formula is C22H20ClN3. The molecule has 3 aromatic rings. The zero-order valence-electron chi connectivity index (χ0n) is 14.5. The van der Waals surface area contributed by atoms with E-state index in [4.69, 9.17) is 11.6 Å².